The molecule has 1 aromatic rings. The van der Waals surface area contributed by atoms with Crippen LogP contribution in [0.3, 0.4) is 0 Å². The lowest BCUT2D eigenvalue weighted by Gasteiger charge is -2.28. The average Bonchev–Trinajstić information content (AvgIpc) is 2.83. The lowest BCUT2D eigenvalue weighted by atomic mass is 9.94. The first kappa shape index (κ1) is 14.5. The van der Waals surface area contributed by atoms with Gasteiger partial charge < -0.3 is 10.4 Å². The molecule has 5 heteroatoms. The molecule has 0 aromatic carbocycles. The maximum Gasteiger partial charge on any atom is 0.137 e. The van der Waals surface area contributed by atoms with Gasteiger partial charge in [-0.1, -0.05) is 25.7 Å². The van der Waals surface area contributed by atoms with Crippen molar-refractivity contribution in [1.82, 2.24) is 20.1 Å². The summed E-state index contributed by atoms with van der Waals surface area (Å²) in [5.41, 5.74) is -0.488. The molecule has 108 valence electrons. The van der Waals surface area contributed by atoms with E-state index in [0.29, 0.717) is 12.6 Å². The number of nitrogens with one attached hydrogen (secondary N) is 1. The summed E-state index contributed by atoms with van der Waals surface area (Å²) in [6.45, 7) is 3.75. The van der Waals surface area contributed by atoms with E-state index in [2.05, 4.69) is 22.3 Å². The van der Waals surface area contributed by atoms with Gasteiger partial charge in [-0.25, -0.2) is 4.98 Å². The van der Waals surface area contributed by atoms with Gasteiger partial charge in [0.25, 0.3) is 0 Å². The SMILES string of the molecule is CC(CCn1cncn1)NCC1(O)CCCCCC1. The highest BCUT2D eigenvalue weighted by Crippen LogP contribution is 2.26. The summed E-state index contributed by atoms with van der Waals surface area (Å²) in [4.78, 5) is 3.93. The smallest absolute Gasteiger partial charge is 0.137 e. The van der Waals surface area contributed by atoms with Gasteiger partial charge >= 0.3 is 0 Å². The van der Waals surface area contributed by atoms with Crippen molar-refractivity contribution in [3.63, 3.8) is 0 Å². The van der Waals surface area contributed by atoms with Crippen LogP contribution in [-0.2, 0) is 6.54 Å². The Morgan fingerprint density at radius 3 is 2.68 bits per heavy atom. The molecule has 1 aliphatic rings. The Balaban J connectivity index is 1.68. The highest BCUT2D eigenvalue weighted by molar-refractivity contribution is 4.84. The largest absolute Gasteiger partial charge is 0.389 e. The maximum absolute atomic E-state index is 10.6. The number of aryl methyl sites for hydroxylation is 1. The average molecular weight is 266 g/mol. The van der Waals surface area contributed by atoms with Crippen molar-refractivity contribution in [3.8, 4) is 0 Å². The summed E-state index contributed by atoms with van der Waals surface area (Å²) in [6, 6.07) is 0.386. The van der Waals surface area contributed by atoms with Crippen molar-refractivity contribution in [1.29, 1.82) is 0 Å². The summed E-state index contributed by atoms with van der Waals surface area (Å²) < 4.78 is 1.85. The monoisotopic (exact) mass is 266 g/mol. The van der Waals surface area contributed by atoms with Crippen LogP contribution in [0.5, 0.6) is 0 Å². The van der Waals surface area contributed by atoms with Crippen molar-refractivity contribution in [2.75, 3.05) is 6.54 Å². The number of nitrogens with zero attached hydrogens (tertiary/aromatic N) is 3. The first-order valence-electron chi connectivity index (χ1n) is 7.46. The van der Waals surface area contributed by atoms with E-state index in [9.17, 15) is 5.11 Å². The third kappa shape index (κ3) is 4.91. The summed E-state index contributed by atoms with van der Waals surface area (Å²) in [6.07, 6.45) is 11.0. The number of hydrogen-bond donors (Lipinski definition) is 2. The van der Waals surface area contributed by atoms with Crippen molar-refractivity contribution in [2.45, 2.75) is 70.1 Å². The van der Waals surface area contributed by atoms with Gasteiger partial charge in [-0.3, -0.25) is 4.68 Å². The number of aromatic nitrogens is 3. The molecule has 0 spiro atoms. The van der Waals surface area contributed by atoms with Crippen LogP contribution in [0.25, 0.3) is 0 Å². The molecule has 0 amide bonds. The fourth-order valence-electron chi connectivity index (χ4n) is 2.70. The standard InChI is InChI=1S/C14H26N4O/c1-13(6-9-18-12-15-11-17-18)16-10-14(19)7-4-2-3-5-8-14/h11-13,16,19H,2-10H2,1H3. The molecule has 0 saturated heterocycles. The van der Waals surface area contributed by atoms with E-state index in [1.165, 1.54) is 12.8 Å². The molecule has 1 fully saturated rings. The van der Waals surface area contributed by atoms with E-state index in [0.717, 1.165) is 38.6 Å². The van der Waals surface area contributed by atoms with E-state index >= 15 is 0 Å². The second kappa shape index (κ2) is 7.01. The topological polar surface area (TPSA) is 63.0 Å². The minimum Gasteiger partial charge on any atom is -0.389 e. The van der Waals surface area contributed by atoms with Gasteiger partial charge in [-0.15, -0.1) is 0 Å². The van der Waals surface area contributed by atoms with Crippen LogP contribution in [0.1, 0.15) is 51.9 Å². The van der Waals surface area contributed by atoms with Gasteiger partial charge in [0.1, 0.15) is 12.7 Å². The first-order chi connectivity index (χ1) is 9.18. The number of hydrogen-bond acceptors (Lipinski definition) is 4. The molecule has 0 aliphatic heterocycles. The number of rotatable bonds is 6. The first-order valence-corrected chi connectivity index (χ1v) is 7.46. The molecule has 1 unspecified atom stereocenters. The molecule has 1 heterocycles. The zero-order valence-electron chi connectivity index (χ0n) is 11.9. The van der Waals surface area contributed by atoms with Crippen LogP contribution in [0.4, 0.5) is 0 Å². The van der Waals surface area contributed by atoms with Gasteiger partial charge in [-0.05, 0) is 26.2 Å². The fraction of sp³-hybridized carbons (Fsp3) is 0.857. The Morgan fingerprint density at radius 2 is 2.05 bits per heavy atom. The van der Waals surface area contributed by atoms with Crippen LogP contribution in [0.15, 0.2) is 12.7 Å². The molecule has 1 aromatic heterocycles. The molecule has 1 saturated carbocycles. The molecule has 2 rings (SSSR count). The summed E-state index contributed by atoms with van der Waals surface area (Å²) in [5.74, 6) is 0. The highest BCUT2D eigenvalue weighted by atomic mass is 16.3. The molecular weight excluding hydrogens is 240 g/mol. The van der Waals surface area contributed by atoms with Crippen LogP contribution >= 0.6 is 0 Å². The Hall–Kier alpha value is -0.940. The van der Waals surface area contributed by atoms with Gasteiger partial charge in [0.15, 0.2) is 0 Å². The molecule has 1 aliphatic carbocycles. The van der Waals surface area contributed by atoms with E-state index in [-0.39, 0.29) is 0 Å². The highest BCUT2D eigenvalue weighted by Gasteiger charge is 2.27. The van der Waals surface area contributed by atoms with Gasteiger partial charge in [0.05, 0.1) is 5.60 Å². The van der Waals surface area contributed by atoms with Crippen LogP contribution in [-0.4, -0.2) is 38.1 Å². The Morgan fingerprint density at radius 1 is 1.32 bits per heavy atom. The second-order valence-corrected chi connectivity index (χ2v) is 5.87. The lowest BCUT2D eigenvalue weighted by Crippen LogP contribution is -2.43. The quantitative estimate of drug-likeness (QED) is 0.770. The summed E-state index contributed by atoms with van der Waals surface area (Å²) in [5, 5.41) is 18.1. The van der Waals surface area contributed by atoms with Gasteiger partial charge in [0, 0.05) is 19.1 Å². The third-order valence-electron chi connectivity index (χ3n) is 4.07. The fourth-order valence-corrected chi connectivity index (χ4v) is 2.70. The molecule has 0 radical (unpaired) electrons. The predicted molar refractivity (Wildman–Crippen MR) is 74.8 cm³/mol. The molecular formula is C14H26N4O. The minimum absolute atomic E-state index is 0.386. The van der Waals surface area contributed by atoms with Crippen molar-refractivity contribution in [2.24, 2.45) is 0 Å². The zero-order valence-corrected chi connectivity index (χ0v) is 11.9. The van der Waals surface area contributed by atoms with Crippen LogP contribution in [0.2, 0.25) is 0 Å². The normalized spacial score (nSPS) is 20.9. The summed E-state index contributed by atoms with van der Waals surface area (Å²) in [7, 11) is 0. The van der Waals surface area contributed by atoms with Crippen molar-refractivity contribution < 1.29 is 5.11 Å². The van der Waals surface area contributed by atoms with Crippen molar-refractivity contribution >= 4 is 0 Å². The van der Waals surface area contributed by atoms with E-state index in [4.69, 9.17) is 0 Å². The van der Waals surface area contributed by atoms with E-state index in [1.54, 1.807) is 12.7 Å². The number of aliphatic hydroxyl groups is 1. The Bertz CT molecular complexity index is 344. The predicted octanol–water partition coefficient (Wildman–Crippen LogP) is 1.73. The van der Waals surface area contributed by atoms with Gasteiger partial charge in [-0.2, -0.15) is 5.10 Å². The third-order valence-corrected chi connectivity index (χ3v) is 4.07. The molecule has 5 nitrogen and oxygen atoms in total. The molecule has 19 heavy (non-hydrogen) atoms. The lowest BCUT2D eigenvalue weighted by molar-refractivity contribution is 0.0228. The maximum atomic E-state index is 10.6. The molecule has 1 atom stereocenters. The van der Waals surface area contributed by atoms with Crippen molar-refractivity contribution in [3.05, 3.63) is 12.7 Å². The Kier molecular flexibility index (Phi) is 5.34. The van der Waals surface area contributed by atoms with Gasteiger partial charge in [0.2, 0.25) is 0 Å². The molecule has 2 N–H and O–H groups in total. The Labute approximate surface area is 115 Å². The van der Waals surface area contributed by atoms with Crippen LogP contribution < -0.4 is 5.32 Å². The molecule has 0 bridgehead atoms. The minimum atomic E-state index is -0.488. The van der Waals surface area contributed by atoms with E-state index in [1.807, 2.05) is 4.68 Å². The van der Waals surface area contributed by atoms with Crippen LogP contribution in [0, 0.1) is 0 Å². The summed E-state index contributed by atoms with van der Waals surface area (Å²) >= 11 is 0. The zero-order chi connectivity index (χ0) is 13.6. The van der Waals surface area contributed by atoms with E-state index < -0.39 is 5.60 Å². The second-order valence-electron chi connectivity index (χ2n) is 5.87.